The van der Waals surface area contributed by atoms with Crippen LogP contribution in [0, 0.1) is 5.82 Å². The van der Waals surface area contributed by atoms with E-state index in [2.05, 4.69) is 16.7 Å². The Hall–Kier alpha value is -1.08. The summed E-state index contributed by atoms with van der Waals surface area (Å²) in [6, 6.07) is 8.84. The Balaban J connectivity index is 0.00000181. The molecule has 2 fully saturated rings. The second kappa shape index (κ2) is 11.4. The van der Waals surface area contributed by atoms with E-state index in [1.54, 1.807) is 12.1 Å². The number of nitrogens with zero attached hydrogens (tertiary/aromatic N) is 2. The minimum atomic E-state index is -1.20. The first-order chi connectivity index (χ1) is 14.3. The summed E-state index contributed by atoms with van der Waals surface area (Å²) in [5, 5.41) is 10.5. The Morgan fingerprint density at radius 3 is 2.19 bits per heavy atom. The molecule has 1 N–H and O–H groups in total. The number of carboxylic acid groups (broad SMARTS) is 1. The zero-order chi connectivity index (χ0) is 21.4. The fourth-order valence-electron chi connectivity index (χ4n) is 4.28. The first kappa shape index (κ1) is 27.2. The number of halogens is 5. The van der Waals surface area contributed by atoms with Crippen LogP contribution in [0.5, 0.6) is 0 Å². The van der Waals surface area contributed by atoms with Crippen LogP contribution in [0.15, 0.2) is 30.3 Å². The van der Waals surface area contributed by atoms with Gasteiger partial charge < -0.3 is 5.11 Å². The zero-order valence-corrected chi connectivity index (χ0v) is 20.8. The lowest BCUT2D eigenvalue weighted by atomic mass is 9.98. The molecule has 176 valence electrons. The van der Waals surface area contributed by atoms with Crippen LogP contribution in [0.25, 0.3) is 0 Å². The third kappa shape index (κ3) is 6.28. The van der Waals surface area contributed by atoms with Crippen LogP contribution in [-0.2, 0) is 6.54 Å². The molecule has 32 heavy (non-hydrogen) atoms. The van der Waals surface area contributed by atoms with Crippen LogP contribution in [0.1, 0.15) is 58.8 Å². The first-order valence-electron chi connectivity index (χ1n) is 10.3. The summed E-state index contributed by atoms with van der Waals surface area (Å²) in [6.07, 6.45) is 2.09. The van der Waals surface area contributed by atoms with Gasteiger partial charge in [-0.3, -0.25) is 9.80 Å². The van der Waals surface area contributed by atoms with Crippen molar-refractivity contribution in [3.05, 3.63) is 68.4 Å². The molecule has 0 amide bonds. The lowest BCUT2D eigenvalue weighted by molar-refractivity contribution is 0.0691. The van der Waals surface area contributed by atoms with Gasteiger partial charge in [0, 0.05) is 48.8 Å². The number of rotatable bonds is 6. The minimum Gasteiger partial charge on any atom is -0.478 e. The highest BCUT2D eigenvalue weighted by Gasteiger charge is 2.30. The van der Waals surface area contributed by atoms with Crippen molar-refractivity contribution in [3.63, 3.8) is 0 Å². The molecule has 4 nitrogen and oxygen atoms in total. The second-order valence-corrected chi connectivity index (χ2v) is 9.17. The summed E-state index contributed by atoms with van der Waals surface area (Å²) in [6.45, 7) is 6.31. The molecule has 1 unspecified atom stereocenters. The largest absolute Gasteiger partial charge is 0.478 e. The quantitative estimate of drug-likeness (QED) is 0.473. The fourth-order valence-corrected chi connectivity index (χ4v) is 4.83. The van der Waals surface area contributed by atoms with Gasteiger partial charge in [-0.25, -0.2) is 9.18 Å². The molecule has 1 aliphatic heterocycles. The van der Waals surface area contributed by atoms with Gasteiger partial charge in [-0.1, -0.05) is 23.2 Å². The standard InChI is InChI=1S/C23H25Cl2FN2O2.2ClH/c1-14(16-8-18(24)11-19(25)9-16)28-6-4-27(5-7-28)13-17-10-22(26)21(23(29)30)12-20(17)15-2-3-15;;/h8-12,14-15H,2-7,13H2,1H3,(H,29,30);2*1H. The van der Waals surface area contributed by atoms with Gasteiger partial charge in [0.25, 0.3) is 0 Å². The van der Waals surface area contributed by atoms with E-state index < -0.39 is 11.8 Å². The molecule has 0 bridgehead atoms. The average Bonchev–Trinajstić information content (AvgIpc) is 3.52. The molecule has 4 rings (SSSR count). The summed E-state index contributed by atoms with van der Waals surface area (Å²) < 4.78 is 14.3. The molecule has 2 aromatic rings. The average molecular weight is 524 g/mol. The molecule has 2 aromatic carbocycles. The maximum atomic E-state index is 14.3. The van der Waals surface area contributed by atoms with Crippen molar-refractivity contribution in [1.82, 2.24) is 9.80 Å². The molecule has 1 saturated heterocycles. The van der Waals surface area contributed by atoms with Crippen molar-refractivity contribution in [3.8, 4) is 0 Å². The van der Waals surface area contributed by atoms with E-state index in [1.807, 2.05) is 12.1 Å². The molecule has 1 atom stereocenters. The molecule has 2 aliphatic rings. The van der Waals surface area contributed by atoms with Crippen molar-refractivity contribution in [2.75, 3.05) is 26.2 Å². The maximum Gasteiger partial charge on any atom is 0.338 e. The molecular formula is C23H27Cl4FN2O2. The van der Waals surface area contributed by atoms with Crippen molar-refractivity contribution in [2.45, 2.75) is 38.3 Å². The van der Waals surface area contributed by atoms with Gasteiger partial charge >= 0.3 is 5.97 Å². The van der Waals surface area contributed by atoms with Gasteiger partial charge in [-0.15, -0.1) is 24.8 Å². The number of carboxylic acids is 1. The lowest BCUT2D eigenvalue weighted by Gasteiger charge is -2.38. The Kier molecular flexibility index (Phi) is 9.65. The van der Waals surface area contributed by atoms with E-state index >= 15 is 0 Å². The monoisotopic (exact) mass is 522 g/mol. The number of carbonyl (C=O) groups is 1. The number of piperazine rings is 1. The predicted octanol–water partition coefficient (Wildman–Crippen LogP) is 6.43. The van der Waals surface area contributed by atoms with E-state index in [9.17, 15) is 14.3 Å². The van der Waals surface area contributed by atoms with Crippen LogP contribution in [-0.4, -0.2) is 47.1 Å². The summed E-state index contributed by atoms with van der Waals surface area (Å²) >= 11 is 12.3. The maximum absolute atomic E-state index is 14.3. The Morgan fingerprint density at radius 2 is 1.66 bits per heavy atom. The summed E-state index contributed by atoms with van der Waals surface area (Å²) in [5.41, 5.74) is 2.80. The van der Waals surface area contributed by atoms with Gasteiger partial charge in [0.1, 0.15) is 5.82 Å². The molecule has 1 saturated carbocycles. The topological polar surface area (TPSA) is 43.8 Å². The SMILES string of the molecule is CC(c1cc(Cl)cc(Cl)c1)N1CCN(Cc2cc(F)c(C(=O)O)cc2C2CC2)CC1.Cl.Cl. The van der Waals surface area contributed by atoms with E-state index in [0.717, 1.165) is 55.7 Å². The molecule has 0 spiro atoms. The first-order valence-corrected chi connectivity index (χ1v) is 11.1. The Bertz CT molecular complexity index is 943. The van der Waals surface area contributed by atoms with Crippen LogP contribution in [0.4, 0.5) is 4.39 Å². The molecule has 9 heteroatoms. The zero-order valence-electron chi connectivity index (χ0n) is 17.7. The summed E-state index contributed by atoms with van der Waals surface area (Å²) in [5.74, 6) is -1.48. The van der Waals surface area contributed by atoms with E-state index in [-0.39, 0.29) is 36.4 Å². The Labute approximate surface area is 210 Å². The molecular weight excluding hydrogens is 497 g/mol. The van der Waals surface area contributed by atoms with Gasteiger partial charge in [0.05, 0.1) is 5.56 Å². The van der Waals surface area contributed by atoms with E-state index in [4.69, 9.17) is 23.2 Å². The van der Waals surface area contributed by atoms with Gasteiger partial charge in [0.15, 0.2) is 0 Å². The predicted molar refractivity (Wildman–Crippen MR) is 132 cm³/mol. The van der Waals surface area contributed by atoms with Crippen LogP contribution in [0.2, 0.25) is 10.0 Å². The fraction of sp³-hybridized carbons (Fsp3) is 0.435. The van der Waals surface area contributed by atoms with Gasteiger partial charge in [0.2, 0.25) is 0 Å². The highest BCUT2D eigenvalue weighted by atomic mass is 35.5. The molecule has 1 aliphatic carbocycles. The van der Waals surface area contributed by atoms with E-state index in [0.29, 0.717) is 22.5 Å². The van der Waals surface area contributed by atoms with Crippen molar-refractivity contribution < 1.29 is 14.3 Å². The Morgan fingerprint density at radius 1 is 1.06 bits per heavy atom. The highest BCUT2D eigenvalue weighted by Crippen LogP contribution is 2.43. The van der Waals surface area contributed by atoms with Gasteiger partial charge in [-0.05, 0) is 72.7 Å². The second-order valence-electron chi connectivity index (χ2n) is 8.30. The van der Waals surface area contributed by atoms with Crippen LogP contribution >= 0.6 is 48.0 Å². The van der Waals surface area contributed by atoms with E-state index in [1.165, 1.54) is 6.07 Å². The van der Waals surface area contributed by atoms with Crippen molar-refractivity contribution >= 4 is 54.0 Å². The minimum absolute atomic E-state index is 0. The molecule has 1 heterocycles. The number of hydrogen-bond donors (Lipinski definition) is 1. The molecule has 0 radical (unpaired) electrons. The highest BCUT2D eigenvalue weighted by molar-refractivity contribution is 6.34. The van der Waals surface area contributed by atoms with Crippen molar-refractivity contribution in [1.29, 1.82) is 0 Å². The van der Waals surface area contributed by atoms with Crippen LogP contribution in [0.3, 0.4) is 0 Å². The smallest absolute Gasteiger partial charge is 0.338 e. The third-order valence-electron chi connectivity index (χ3n) is 6.19. The number of benzene rings is 2. The normalized spacial score (nSPS) is 17.9. The number of hydrogen-bond acceptors (Lipinski definition) is 3. The summed E-state index contributed by atoms with van der Waals surface area (Å²) in [4.78, 5) is 16.0. The summed E-state index contributed by atoms with van der Waals surface area (Å²) in [7, 11) is 0. The third-order valence-corrected chi connectivity index (χ3v) is 6.63. The molecule has 0 aromatic heterocycles. The van der Waals surface area contributed by atoms with Crippen molar-refractivity contribution in [2.24, 2.45) is 0 Å². The lowest BCUT2D eigenvalue weighted by Crippen LogP contribution is -2.46. The van der Waals surface area contributed by atoms with Gasteiger partial charge in [-0.2, -0.15) is 0 Å². The van der Waals surface area contributed by atoms with Crippen LogP contribution < -0.4 is 0 Å². The number of aromatic carboxylic acids is 1.